The van der Waals surface area contributed by atoms with Crippen molar-refractivity contribution < 1.29 is 14.7 Å². The van der Waals surface area contributed by atoms with E-state index in [0.717, 1.165) is 5.56 Å². The standard InChI is InChI=1S/C13H14ClNO3/c14-11-6-3-10(4-7-11)5-8-12(16)15-9-1-2-13(17)18/h3-8H,1-2,9H2,(H,15,16)(H,17,18). The molecule has 0 saturated carbocycles. The van der Waals surface area contributed by atoms with Crippen LogP contribution in [0.1, 0.15) is 18.4 Å². The molecule has 0 aliphatic heterocycles. The van der Waals surface area contributed by atoms with E-state index >= 15 is 0 Å². The molecule has 1 aromatic carbocycles. The number of carboxylic acids is 1. The van der Waals surface area contributed by atoms with E-state index in [0.29, 0.717) is 18.0 Å². The fourth-order valence-corrected chi connectivity index (χ4v) is 1.38. The highest BCUT2D eigenvalue weighted by molar-refractivity contribution is 6.30. The molecule has 0 fully saturated rings. The van der Waals surface area contributed by atoms with Crippen molar-refractivity contribution in [2.45, 2.75) is 12.8 Å². The molecule has 0 aliphatic rings. The van der Waals surface area contributed by atoms with E-state index in [4.69, 9.17) is 16.7 Å². The van der Waals surface area contributed by atoms with Gasteiger partial charge < -0.3 is 10.4 Å². The molecule has 0 radical (unpaired) electrons. The van der Waals surface area contributed by atoms with Gasteiger partial charge in [0.05, 0.1) is 0 Å². The predicted octanol–water partition coefficient (Wildman–Crippen LogP) is 2.33. The summed E-state index contributed by atoms with van der Waals surface area (Å²) in [5, 5.41) is 11.7. The molecule has 96 valence electrons. The number of amides is 1. The van der Waals surface area contributed by atoms with Crippen molar-refractivity contribution >= 4 is 29.6 Å². The van der Waals surface area contributed by atoms with Crippen molar-refractivity contribution in [3.63, 3.8) is 0 Å². The molecule has 0 aliphatic carbocycles. The first-order valence-corrected chi connectivity index (χ1v) is 5.89. The quantitative estimate of drug-likeness (QED) is 0.614. The van der Waals surface area contributed by atoms with E-state index in [2.05, 4.69) is 5.32 Å². The van der Waals surface area contributed by atoms with Gasteiger partial charge >= 0.3 is 5.97 Å². The molecule has 2 N–H and O–H groups in total. The summed E-state index contributed by atoms with van der Waals surface area (Å²) >= 11 is 5.73. The highest BCUT2D eigenvalue weighted by Gasteiger charge is 1.98. The maximum absolute atomic E-state index is 11.4. The van der Waals surface area contributed by atoms with Crippen molar-refractivity contribution in [1.29, 1.82) is 0 Å². The second-order valence-electron chi connectivity index (χ2n) is 3.67. The number of hydrogen-bond donors (Lipinski definition) is 2. The van der Waals surface area contributed by atoms with Gasteiger partial charge in [0, 0.05) is 24.1 Å². The van der Waals surface area contributed by atoms with E-state index in [1.54, 1.807) is 30.3 Å². The molecular formula is C13H14ClNO3. The Morgan fingerprint density at radius 2 is 1.94 bits per heavy atom. The maximum atomic E-state index is 11.4. The maximum Gasteiger partial charge on any atom is 0.303 e. The van der Waals surface area contributed by atoms with Crippen molar-refractivity contribution in [3.8, 4) is 0 Å². The van der Waals surface area contributed by atoms with Crippen LogP contribution in [0.5, 0.6) is 0 Å². The molecular weight excluding hydrogens is 254 g/mol. The summed E-state index contributed by atoms with van der Waals surface area (Å²) in [6.45, 7) is 0.357. The number of halogens is 1. The summed E-state index contributed by atoms with van der Waals surface area (Å²) in [6, 6.07) is 7.09. The summed E-state index contributed by atoms with van der Waals surface area (Å²) in [4.78, 5) is 21.6. The van der Waals surface area contributed by atoms with Crippen molar-refractivity contribution in [2.75, 3.05) is 6.54 Å². The van der Waals surface area contributed by atoms with Gasteiger partial charge in [-0.1, -0.05) is 23.7 Å². The van der Waals surface area contributed by atoms with Gasteiger partial charge in [-0.05, 0) is 30.2 Å². The Hall–Kier alpha value is -1.81. The minimum absolute atomic E-state index is 0.0567. The molecule has 0 bridgehead atoms. The summed E-state index contributed by atoms with van der Waals surface area (Å²) in [5.41, 5.74) is 0.875. The first-order valence-electron chi connectivity index (χ1n) is 5.51. The molecule has 0 saturated heterocycles. The zero-order chi connectivity index (χ0) is 13.4. The molecule has 0 atom stereocenters. The molecule has 1 aromatic rings. The lowest BCUT2D eigenvalue weighted by Gasteiger charge is -1.99. The topological polar surface area (TPSA) is 66.4 Å². The zero-order valence-corrected chi connectivity index (χ0v) is 10.5. The van der Waals surface area contributed by atoms with Crippen molar-refractivity contribution in [2.24, 2.45) is 0 Å². The number of carbonyl (C=O) groups is 2. The number of benzene rings is 1. The third-order valence-corrected chi connectivity index (χ3v) is 2.42. The van der Waals surface area contributed by atoms with Gasteiger partial charge in [0.2, 0.25) is 5.91 Å². The summed E-state index contributed by atoms with van der Waals surface area (Å²) < 4.78 is 0. The lowest BCUT2D eigenvalue weighted by molar-refractivity contribution is -0.137. The number of hydrogen-bond acceptors (Lipinski definition) is 2. The monoisotopic (exact) mass is 267 g/mol. The van der Waals surface area contributed by atoms with E-state index in [1.165, 1.54) is 6.08 Å². The SMILES string of the molecule is O=C(O)CCCNC(=O)C=Cc1ccc(Cl)cc1. The summed E-state index contributed by atoms with van der Waals surface area (Å²) in [5.74, 6) is -1.10. The fraction of sp³-hybridized carbons (Fsp3) is 0.231. The highest BCUT2D eigenvalue weighted by atomic mass is 35.5. The van der Waals surface area contributed by atoms with Gasteiger partial charge in [-0.15, -0.1) is 0 Å². The molecule has 0 unspecified atom stereocenters. The molecule has 0 heterocycles. The zero-order valence-electron chi connectivity index (χ0n) is 9.73. The van der Waals surface area contributed by atoms with Gasteiger partial charge in [-0.3, -0.25) is 9.59 Å². The molecule has 0 aromatic heterocycles. The second kappa shape index (κ2) is 7.50. The average Bonchev–Trinajstić information content (AvgIpc) is 2.34. The van der Waals surface area contributed by atoms with Crippen LogP contribution in [0.2, 0.25) is 5.02 Å². The van der Waals surface area contributed by atoms with Crippen LogP contribution in [0.15, 0.2) is 30.3 Å². The van der Waals surface area contributed by atoms with Crippen LogP contribution in [0.4, 0.5) is 0 Å². The number of aliphatic carboxylic acids is 1. The third kappa shape index (κ3) is 6.06. The second-order valence-corrected chi connectivity index (χ2v) is 4.11. The first-order chi connectivity index (χ1) is 8.58. The van der Waals surface area contributed by atoms with Gasteiger partial charge in [0.1, 0.15) is 0 Å². The number of carboxylic acid groups (broad SMARTS) is 1. The van der Waals surface area contributed by atoms with E-state index < -0.39 is 5.97 Å². The Morgan fingerprint density at radius 1 is 1.28 bits per heavy atom. The molecule has 0 spiro atoms. The molecule has 1 rings (SSSR count). The normalized spacial score (nSPS) is 10.5. The molecule has 18 heavy (non-hydrogen) atoms. The van der Waals surface area contributed by atoms with Crippen LogP contribution in [0, 0.1) is 0 Å². The van der Waals surface area contributed by atoms with E-state index in [9.17, 15) is 9.59 Å². The average molecular weight is 268 g/mol. The number of carbonyl (C=O) groups excluding carboxylic acids is 1. The van der Waals surface area contributed by atoms with Gasteiger partial charge in [0.25, 0.3) is 0 Å². The number of nitrogens with one attached hydrogen (secondary N) is 1. The predicted molar refractivity (Wildman–Crippen MR) is 70.4 cm³/mol. The van der Waals surface area contributed by atoms with Crippen LogP contribution in [-0.2, 0) is 9.59 Å². The summed E-state index contributed by atoms with van der Waals surface area (Å²) in [7, 11) is 0. The molecule has 4 nitrogen and oxygen atoms in total. The Labute approximate surface area is 110 Å². The lowest BCUT2D eigenvalue weighted by Crippen LogP contribution is -2.22. The van der Waals surface area contributed by atoms with E-state index in [-0.39, 0.29) is 12.3 Å². The van der Waals surface area contributed by atoms with Gasteiger partial charge in [-0.25, -0.2) is 0 Å². The minimum atomic E-state index is -0.860. The first kappa shape index (κ1) is 14.3. The number of rotatable bonds is 6. The third-order valence-electron chi connectivity index (χ3n) is 2.16. The van der Waals surface area contributed by atoms with Gasteiger partial charge in [-0.2, -0.15) is 0 Å². The Kier molecular flexibility index (Phi) is 5.94. The lowest BCUT2D eigenvalue weighted by atomic mass is 10.2. The van der Waals surface area contributed by atoms with Crippen molar-refractivity contribution in [1.82, 2.24) is 5.32 Å². The largest absolute Gasteiger partial charge is 0.481 e. The Bertz CT molecular complexity index is 440. The summed E-state index contributed by atoms with van der Waals surface area (Å²) in [6.07, 6.45) is 3.56. The fourth-order valence-electron chi connectivity index (χ4n) is 1.26. The van der Waals surface area contributed by atoms with Crippen LogP contribution >= 0.6 is 11.6 Å². The van der Waals surface area contributed by atoms with Gasteiger partial charge in [0.15, 0.2) is 0 Å². The Balaban J connectivity index is 2.31. The minimum Gasteiger partial charge on any atom is -0.481 e. The van der Waals surface area contributed by atoms with Crippen LogP contribution in [-0.4, -0.2) is 23.5 Å². The molecule has 5 heteroatoms. The smallest absolute Gasteiger partial charge is 0.303 e. The van der Waals surface area contributed by atoms with Crippen molar-refractivity contribution in [3.05, 3.63) is 40.9 Å². The van der Waals surface area contributed by atoms with E-state index in [1.807, 2.05) is 0 Å². The van der Waals surface area contributed by atoms with Crippen LogP contribution in [0.3, 0.4) is 0 Å². The van der Waals surface area contributed by atoms with Crippen LogP contribution < -0.4 is 5.32 Å². The highest BCUT2D eigenvalue weighted by Crippen LogP contribution is 2.10. The Morgan fingerprint density at radius 3 is 2.56 bits per heavy atom. The molecule has 1 amide bonds. The van der Waals surface area contributed by atoms with Crippen LogP contribution in [0.25, 0.3) is 6.08 Å².